The van der Waals surface area contributed by atoms with E-state index in [0.29, 0.717) is 18.7 Å². The summed E-state index contributed by atoms with van der Waals surface area (Å²) in [6.45, 7) is 2.43. The van der Waals surface area contributed by atoms with Gasteiger partial charge in [-0.15, -0.1) is 0 Å². The van der Waals surface area contributed by atoms with Crippen molar-refractivity contribution < 1.29 is 22.3 Å². The van der Waals surface area contributed by atoms with E-state index in [4.69, 9.17) is 4.74 Å². The molecular weight excluding hydrogens is 419 g/mol. The van der Waals surface area contributed by atoms with E-state index >= 15 is 0 Å². The summed E-state index contributed by atoms with van der Waals surface area (Å²) in [6.07, 6.45) is 0.675. The lowest BCUT2D eigenvalue weighted by Crippen LogP contribution is -2.17. The molecule has 0 aliphatic heterocycles. The van der Waals surface area contributed by atoms with Crippen LogP contribution in [0.2, 0.25) is 0 Å². The van der Waals surface area contributed by atoms with Crippen LogP contribution in [0.15, 0.2) is 77.7 Å². The zero-order valence-electron chi connectivity index (χ0n) is 17.0. The van der Waals surface area contributed by atoms with E-state index in [2.05, 4.69) is 10.0 Å². The largest absolute Gasteiger partial charge is 0.494 e. The highest BCUT2D eigenvalue weighted by Gasteiger charge is 2.17. The Balaban J connectivity index is 1.69. The molecule has 162 valence electrons. The molecule has 0 aromatic heterocycles. The number of hydrogen-bond donors (Lipinski definition) is 2. The number of hydrogen-bond acceptors (Lipinski definition) is 4. The Bertz CT molecular complexity index is 1150. The standard InChI is InChI=1S/C23H23FN2O4S/c1-2-30-22-10-6-3-7-17(22)11-16-23(27)25-20-8-4-5-9-21(20)26-31(28,29)19-14-12-18(24)13-15-19/h3-10,12-15,26H,2,11,16H2,1H3,(H,25,27). The second-order valence-electron chi connectivity index (χ2n) is 6.69. The number of anilines is 2. The number of ether oxygens (including phenoxy) is 1. The van der Waals surface area contributed by atoms with Crippen molar-refractivity contribution in [3.05, 3.63) is 84.2 Å². The molecule has 2 N–H and O–H groups in total. The molecule has 0 unspecified atom stereocenters. The Morgan fingerprint density at radius 2 is 1.58 bits per heavy atom. The van der Waals surface area contributed by atoms with E-state index in [9.17, 15) is 17.6 Å². The molecule has 3 rings (SSSR count). The monoisotopic (exact) mass is 442 g/mol. The molecule has 0 heterocycles. The fraction of sp³-hybridized carbons (Fsp3) is 0.174. The van der Waals surface area contributed by atoms with Gasteiger partial charge in [0.2, 0.25) is 5.91 Å². The fourth-order valence-electron chi connectivity index (χ4n) is 2.97. The topological polar surface area (TPSA) is 84.5 Å². The molecular formula is C23H23FN2O4S. The maximum atomic E-state index is 13.1. The minimum atomic E-state index is -3.94. The Labute approximate surface area is 181 Å². The summed E-state index contributed by atoms with van der Waals surface area (Å²) < 4.78 is 46.3. The van der Waals surface area contributed by atoms with Crippen LogP contribution >= 0.6 is 0 Å². The van der Waals surface area contributed by atoms with E-state index < -0.39 is 15.8 Å². The van der Waals surface area contributed by atoms with Gasteiger partial charge in [-0.05, 0) is 61.4 Å². The summed E-state index contributed by atoms with van der Waals surface area (Å²) in [5.41, 5.74) is 1.47. The summed E-state index contributed by atoms with van der Waals surface area (Å²) in [5.74, 6) is -0.0532. The first-order chi connectivity index (χ1) is 14.9. The van der Waals surface area contributed by atoms with Gasteiger partial charge in [0, 0.05) is 6.42 Å². The highest BCUT2D eigenvalue weighted by Crippen LogP contribution is 2.25. The van der Waals surface area contributed by atoms with Crippen LogP contribution in [0.4, 0.5) is 15.8 Å². The van der Waals surface area contributed by atoms with Gasteiger partial charge in [-0.2, -0.15) is 0 Å². The smallest absolute Gasteiger partial charge is 0.261 e. The molecule has 6 nitrogen and oxygen atoms in total. The Hall–Kier alpha value is -3.39. The number of carbonyl (C=O) groups is 1. The number of benzene rings is 3. The number of aryl methyl sites for hydroxylation is 1. The van der Waals surface area contributed by atoms with Crippen molar-refractivity contribution in [1.82, 2.24) is 0 Å². The van der Waals surface area contributed by atoms with Crippen LogP contribution in [0, 0.1) is 5.82 Å². The zero-order valence-corrected chi connectivity index (χ0v) is 17.8. The van der Waals surface area contributed by atoms with Gasteiger partial charge >= 0.3 is 0 Å². The number of nitrogens with one attached hydrogen (secondary N) is 2. The van der Waals surface area contributed by atoms with Crippen molar-refractivity contribution in [3.63, 3.8) is 0 Å². The molecule has 31 heavy (non-hydrogen) atoms. The van der Waals surface area contributed by atoms with Crippen LogP contribution < -0.4 is 14.8 Å². The quantitative estimate of drug-likeness (QED) is 0.507. The van der Waals surface area contributed by atoms with E-state index in [0.717, 1.165) is 23.4 Å². The molecule has 0 aliphatic rings. The first-order valence-corrected chi connectivity index (χ1v) is 11.3. The molecule has 3 aromatic carbocycles. The molecule has 0 aliphatic carbocycles. The van der Waals surface area contributed by atoms with E-state index in [1.54, 1.807) is 24.3 Å². The predicted octanol–water partition coefficient (Wildman–Crippen LogP) is 4.60. The number of sulfonamides is 1. The van der Waals surface area contributed by atoms with Gasteiger partial charge in [-0.1, -0.05) is 30.3 Å². The van der Waals surface area contributed by atoms with Gasteiger partial charge in [0.1, 0.15) is 11.6 Å². The summed E-state index contributed by atoms with van der Waals surface area (Å²) >= 11 is 0. The van der Waals surface area contributed by atoms with Crippen molar-refractivity contribution in [2.45, 2.75) is 24.7 Å². The highest BCUT2D eigenvalue weighted by atomic mass is 32.2. The van der Waals surface area contributed by atoms with Crippen molar-refractivity contribution in [2.75, 3.05) is 16.6 Å². The maximum Gasteiger partial charge on any atom is 0.261 e. The molecule has 0 spiro atoms. The van der Waals surface area contributed by atoms with Crippen molar-refractivity contribution in [1.29, 1.82) is 0 Å². The van der Waals surface area contributed by atoms with Crippen LogP contribution in [0.25, 0.3) is 0 Å². The van der Waals surface area contributed by atoms with Crippen molar-refractivity contribution in [2.24, 2.45) is 0 Å². The van der Waals surface area contributed by atoms with E-state index in [-0.39, 0.29) is 22.9 Å². The van der Waals surface area contributed by atoms with Crippen LogP contribution in [0.1, 0.15) is 18.9 Å². The Kier molecular flexibility index (Phi) is 7.25. The van der Waals surface area contributed by atoms with Crippen LogP contribution in [-0.4, -0.2) is 20.9 Å². The summed E-state index contributed by atoms with van der Waals surface area (Å²) in [5, 5.41) is 2.75. The third kappa shape index (κ3) is 6.05. The maximum absolute atomic E-state index is 13.1. The van der Waals surface area contributed by atoms with Crippen LogP contribution in [0.3, 0.4) is 0 Å². The molecule has 0 bridgehead atoms. The molecule has 0 saturated heterocycles. The lowest BCUT2D eigenvalue weighted by Gasteiger charge is -2.14. The number of para-hydroxylation sites is 3. The minimum absolute atomic E-state index is 0.0810. The van der Waals surface area contributed by atoms with Gasteiger partial charge < -0.3 is 10.1 Å². The molecule has 3 aromatic rings. The van der Waals surface area contributed by atoms with Crippen LogP contribution in [0.5, 0.6) is 5.75 Å². The average Bonchev–Trinajstić information content (AvgIpc) is 2.75. The second-order valence-corrected chi connectivity index (χ2v) is 8.38. The predicted molar refractivity (Wildman–Crippen MR) is 118 cm³/mol. The third-order valence-electron chi connectivity index (χ3n) is 4.46. The van der Waals surface area contributed by atoms with E-state index in [1.807, 2.05) is 31.2 Å². The summed E-state index contributed by atoms with van der Waals surface area (Å²) in [4.78, 5) is 12.4. The third-order valence-corrected chi connectivity index (χ3v) is 5.84. The van der Waals surface area contributed by atoms with Crippen LogP contribution in [-0.2, 0) is 21.2 Å². The molecule has 0 saturated carbocycles. The molecule has 1 amide bonds. The Morgan fingerprint density at radius 1 is 0.935 bits per heavy atom. The first-order valence-electron chi connectivity index (χ1n) is 9.77. The number of rotatable bonds is 9. The number of carbonyl (C=O) groups excluding carboxylic acids is 1. The highest BCUT2D eigenvalue weighted by molar-refractivity contribution is 7.92. The van der Waals surface area contributed by atoms with Crippen molar-refractivity contribution in [3.8, 4) is 5.75 Å². The van der Waals surface area contributed by atoms with Gasteiger partial charge in [0.05, 0.1) is 22.9 Å². The molecule has 0 fully saturated rings. The van der Waals surface area contributed by atoms with Gasteiger partial charge in [0.25, 0.3) is 10.0 Å². The van der Waals surface area contributed by atoms with E-state index in [1.165, 1.54) is 12.1 Å². The summed E-state index contributed by atoms with van der Waals surface area (Å²) in [7, 11) is -3.94. The second kappa shape index (κ2) is 10.1. The molecule has 0 radical (unpaired) electrons. The van der Waals surface area contributed by atoms with Gasteiger partial charge in [-0.25, -0.2) is 12.8 Å². The average molecular weight is 443 g/mol. The van der Waals surface area contributed by atoms with Gasteiger partial charge in [-0.3, -0.25) is 9.52 Å². The molecule has 0 atom stereocenters. The minimum Gasteiger partial charge on any atom is -0.494 e. The fourth-order valence-corrected chi connectivity index (χ4v) is 4.05. The number of halogens is 1. The zero-order chi connectivity index (χ0) is 22.3. The lowest BCUT2D eigenvalue weighted by atomic mass is 10.1. The number of amides is 1. The lowest BCUT2D eigenvalue weighted by molar-refractivity contribution is -0.116. The molecule has 8 heteroatoms. The van der Waals surface area contributed by atoms with Crippen molar-refractivity contribution >= 4 is 27.3 Å². The normalized spacial score (nSPS) is 11.0. The summed E-state index contributed by atoms with van der Waals surface area (Å²) in [6, 6.07) is 18.5. The first kappa shape index (κ1) is 22.3. The van der Waals surface area contributed by atoms with Gasteiger partial charge in [0.15, 0.2) is 0 Å². The Morgan fingerprint density at radius 3 is 2.29 bits per heavy atom. The SMILES string of the molecule is CCOc1ccccc1CCC(=O)Nc1ccccc1NS(=O)(=O)c1ccc(F)cc1.